The number of nitrogens with zero attached hydrogens (tertiary/aromatic N) is 3. The van der Waals surface area contributed by atoms with E-state index >= 15 is 0 Å². The number of aryl methyl sites for hydroxylation is 4. The van der Waals surface area contributed by atoms with Crippen molar-refractivity contribution in [1.82, 2.24) is 9.97 Å². The van der Waals surface area contributed by atoms with Crippen molar-refractivity contribution in [2.45, 2.75) is 97.4 Å². The molecule has 0 radical (unpaired) electrons. The van der Waals surface area contributed by atoms with Gasteiger partial charge in [0.2, 0.25) is 0 Å². The first-order valence-corrected chi connectivity index (χ1v) is 14.9. The smallest absolute Gasteiger partial charge is 0.295 e. The van der Waals surface area contributed by atoms with Crippen LogP contribution in [0.2, 0.25) is 0 Å². The Morgan fingerprint density at radius 3 is 2.65 bits per heavy atom. The van der Waals surface area contributed by atoms with Crippen LogP contribution in [0, 0.1) is 31.5 Å². The number of Topliss-reactive ketones (excluding diaryl/α,β-unsaturated/α-hetero) is 1. The minimum Gasteiger partial charge on any atom is -0.295 e. The molecular weight excluding hydrogens is 481 g/mol. The predicted octanol–water partition coefficient (Wildman–Crippen LogP) is 7.09. The normalized spacial score (nSPS) is 19.6. The number of ketones is 1. The summed E-state index contributed by atoms with van der Waals surface area (Å²) in [5.41, 5.74) is 3.67. The number of rotatable bonds is 6. The highest BCUT2D eigenvalue weighted by atomic mass is 32.1. The Kier molecular flexibility index (Phi) is 8.13. The standard InChI is InChI=1S/C31H39FN3OS/c1-20-18-25(12-14-26(20)32)27-16-17-35(31(34-27)24-8-5-4-6-9-24)19-29(36)21(2)23-10-7-11-30-28(15-13-23)33-22(3)37-30/h12,14,16-18,21,23-24H,4-11,13,15,19H2,1-3H3/q+1. The Morgan fingerprint density at radius 1 is 1.05 bits per heavy atom. The maximum absolute atomic E-state index is 13.9. The lowest BCUT2D eigenvalue weighted by atomic mass is 9.81. The number of hydrogen-bond acceptors (Lipinski definition) is 4. The molecule has 0 saturated heterocycles. The van der Waals surface area contributed by atoms with E-state index in [1.807, 2.05) is 29.7 Å². The van der Waals surface area contributed by atoms with E-state index in [1.165, 1.54) is 35.9 Å². The lowest BCUT2D eigenvalue weighted by molar-refractivity contribution is -0.696. The Balaban J connectivity index is 1.35. The molecule has 4 nitrogen and oxygen atoms in total. The monoisotopic (exact) mass is 520 g/mol. The fourth-order valence-corrected chi connectivity index (χ4v) is 7.24. The van der Waals surface area contributed by atoms with Gasteiger partial charge in [0.15, 0.2) is 11.5 Å². The van der Waals surface area contributed by atoms with E-state index in [-0.39, 0.29) is 11.7 Å². The molecule has 5 rings (SSSR count). The van der Waals surface area contributed by atoms with Gasteiger partial charge in [-0.25, -0.2) is 13.9 Å². The van der Waals surface area contributed by atoms with Gasteiger partial charge < -0.3 is 0 Å². The minimum atomic E-state index is -0.197. The molecule has 196 valence electrons. The lowest BCUT2D eigenvalue weighted by Gasteiger charge is -2.25. The number of fused-ring (bicyclic) bond motifs is 1. The van der Waals surface area contributed by atoms with E-state index in [0.717, 1.165) is 67.0 Å². The number of hydrogen-bond donors (Lipinski definition) is 0. The Labute approximate surface area is 224 Å². The zero-order chi connectivity index (χ0) is 25.9. The first kappa shape index (κ1) is 26.1. The van der Waals surface area contributed by atoms with Gasteiger partial charge in [-0.3, -0.25) is 4.79 Å². The Hall–Kier alpha value is -2.47. The third-order valence-corrected chi connectivity index (χ3v) is 9.60. The van der Waals surface area contributed by atoms with Crippen molar-refractivity contribution in [1.29, 1.82) is 0 Å². The first-order chi connectivity index (χ1) is 17.9. The van der Waals surface area contributed by atoms with E-state index in [0.29, 0.717) is 29.7 Å². The zero-order valence-corrected chi connectivity index (χ0v) is 23.2. The van der Waals surface area contributed by atoms with Crippen LogP contribution in [0.5, 0.6) is 0 Å². The van der Waals surface area contributed by atoms with Crippen LogP contribution in [0.4, 0.5) is 4.39 Å². The molecule has 0 N–H and O–H groups in total. The SMILES string of the molecule is Cc1nc2c(s1)CCCC(C(C)C(=O)C[n+]1ccc(-c3ccc(F)c(C)c3)nc1C1CCCCC1)CC2. The molecule has 1 saturated carbocycles. The Bertz CT molecular complexity index is 1260. The minimum absolute atomic E-state index is 0.0208. The van der Waals surface area contributed by atoms with Crippen molar-refractivity contribution in [3.05, 3.63) is 63.2 Å². The number of halogens is 1. The molecule has 0 bridgehead atoms. The van der Waals surface area contributed by atoms with E-state index in [9.17, 15) is 9.18 Å². The molecule has 0 spiro atoms. The molecule has 2 heterocycles. The summed E-state index contributed by atoms with van der Waals surface area (Å²) in [6.45, 7) is 6.39. The molecule has 2 aromatic heterocycles. The van der Waals surface area contributed by atoms with E-state index in [1.54, 1.807) is 13.0 Å². The second-order valence-electron chi connectivity index (χ2n) is 11.1. The molecule has 0 amide bonds. The van der Waals surface area contributed by atoms with Gasteiger partial charge in [-0.15, -0.1) is 11.3 Å². The summed E-state index contributed by atoms with van der Waals surface area (Å²) in [5.74, 6) is 1.90. The number of thiazole rings is 1. The van der Waals surface area contributed by atoms with Crippen LogP contribution in [-0.2, 0) is 24.2 Å². The summed E-state index contributed by atoms with van der Waals surface area (Å²) >= 11 is 1.84. The topological polar surface area (TPSA) is 46.7 Å². The fraction of sp³-hybridized carbons (Fsp3) is 0.548. The highest BCUT2D eigenvalue weighted by Crippen LogP contribution is 2.33. The summed E-state index contributed by atoms with van der Waals surface area (Å²) in [6.07, 6.45) is 13.3. The van der Waals surface area contributed by atoms with Gasteiger partial charge in [0.1, 0.15) is 12.4 Å². The largest absolute Gasteiger partial charge is 0.302 e. The third-order valence-electron chi connectivity index (χ3n) is 8.52. The second-order valence-corrected chi connectivity index (χ2v) is 12.4. The highest BCUT2D eigenvalue weighted by Gasteiger charge is 2.32. The molecule has 2 aliphatic carbocycles. The zero-order valence-electron chi connectivity index (χ0n) is 22.4. The quantitative estimate of drug-likeness (QED) is 0.326. The third kappa shape index (κ3) is 6.00. The van der Waals surface area contributed by atoms with Crippen molar-refractivity contribution < 1.29 is 13.8 Å². The predicted molar refractivity (Wildman–Crippen MR) is 146 cm³/mol. The van der Waals surface area contributed by atoms with Gasteiger partial charge in [-0.2, -0.15) is 0 Å². The average Bonchev–Trinajstić information content (AvgIpc) is 3.24. The summed E-state index contributed by atoms with van der Waals surface area (Å²) in [5, 5.41) is 1.16. The van der Waals surface area contributed by atoms with Crippen LogP contribution in [0.15, 0.2) is 30.5 Å². The lowest BCUT2D eigenvalue weighted by Crippen LogP contribution is -2.46. The summed E-state index contributed by atoms with van der Waals surface area (Å²) in [6, 6.07) is 7.17. The van der Waals surface area contributed by atoms with Crippen LogP contribution in [0.25, 0.3) is 11.3 Å². The van der Waals surface area contributed by atoms with Gasteiger partial charge in [0, 0.05) is 22.4 Å². The molecule has 37 heavy (non-hydrogen) atoms. The molecule has 1 fully saturated rings. The van der Waals surface area contributed by atoms with E-state index in [4.69, 9.17) is 9.97 Å². The van der Waals surface area contributed by atoms with Gasteiger partial charge >= 0.3 is 5.82 Å². The van der Waals surface area contributed by atoms with Crippen LogP contribution in [0.3, 0.4) is 0 Å². The summed E-state index contributed by atoms with van der Waals surface area (Å²) in [7, 11) is 0. The van der Waals surface area contributed by atoms with Crippen LogP contribution >= 0.6 is 11.3 Å². The van der Waals surface area contributed by atoms with Crippen LogP contribution < -0.4 is 4.57 Å². The summed E-state index contributed by atoms with van der Waals surface area (Å²) in [4.78, 5) is 24.9. The molecule has 2 aliphatic rings. The Morgan fingerprint density at radius 2 is 1.86 bits per heavy atom. The number of carbonyl (C=O) groups excluding carboxylic acids is 1. The fourth-order valence-electron chi connectivity index (χ4n) is 6.22. The maximum atomic E-state index is 13.9. The van der Waals surface area contributed by atoms with Gasteiger partial charge in [0.25, 0.3) is 0 Å². The van der Waals surface area contributed by atoms with E-state index < -0.39 is 0 Å². The maximum Gasteiger partial charge on any atom is 0.302 e. The molecule has 2 unspecified atom stereocenters. The first-order valence-electron chi connectivity index (χ1n) is 14.0. The summed E-state index contributed by atoms with van der Waals surface area (Å²) < 4.78 is 16.0. The van der Waals surface area contributed by atoms with E-state index in [2.05, 4.69) is 18.4 Å². The number of benzene rings is 1. The van der Waals surface area contributed by atoms with Gasteiger partial charge in [-0.05, 0) is 93.5 Å². The molecule has 6 heteroatoms. The highest BCUT2D eigenvalue weighted by molar-refractivity contribution is 7.11. The molecule has 1 aromatic carbocycles. The molecular formula is C31H39FN3OS+. The van der Waals surface area contributed by atoms with Crippen molar-refractivity contribution >= 4 is 17.1 Å². The van der Waals surface area contributed by atoms with Crippen molar-refractivity contribution in [2.75, 3.05) is 0 Å². The van der Waals surface area contributed by atoms with Crippen LogP contribution in [0.1, 0.15) is 91.2 Å². The van der Waals surface area contributed by atoms with Crippen LogP contribution in [-0.4, -0.2) is 15.8 Å². The number of carbonyl (C=O) groups is 1. The van der Waals surface area contributed by atoms with Gasteiger partial charge in [0.05, 0.1) is 22.8 Å². The molecule has 0 aliphatic heterocycles. The van der Waals surface area contributed by atoms with Crippen molar-refractivity contribution in [3.8, 4) is 11.3 Å². The van der Waals surface area contributed by atoms with Crippen molar-refractivity contribution in [3.63, 3.8) is 0 Å². The molecule has 2 atom stereocenters. The van der Waals surface area contributed by atoms with Gasteiger partial charge in [-0.1, -0.05) is 26.2 Å². The van der Waals surface area contributed by atoms with Crippen molar-refractivity contribution in [2.24, 2.45) is 11.8 Å². The molecule has 3 aromatic rings. The number of aromatic nitrogens is 3. The second kappa shape index (κ2) is 11.5. The average molecular weight is 521 g/mol.